The van der Waals surface area contributed by atoms with Crippen molar-refractivity contribution in [2.45, 2.75) is 25.7 Å². The van der Waals surface area contributed by atoms with Crippen molar-refractivity contribution in [2.24, 2.45) is 0 Å². The number of benzene rings is 2. The minimum absolute atomic E-state index is 0.143. The lowest BCUT2D eigenvalue weighted by molar-refractivity contribution is 0.0963. The fraction of sp³-hybridized carbons (Fsp3) is 0.238. The van der Waals surface area contributed by atoms with E-state index in [4.69, 9.17) is 16.3 Å². The van der Waals surface area contributed by atoms with Crippen LogP contribution in [0.3, 0.4) is 0 Å². The Balaban J connectivity index is 1.85. The van der Waals surface area contributed by atoms with Gasteiger partial charge < -0.3 is 4.74 Å². The lowest BCUT2D eigenvalue weighted by Gasteiger charge is -2.23. The number of carbonyl (C=O) groups excluding carboxylic acids is 1. The van der Waals surface area contributed by atoms with E-state index in [0.717, 1.165) is 29.1 Å². The van der Waals surface area contributed by atoms with Crippen LogP contribution < -0.4 is 4.74 Å². The van der Waals surface area contributed by atoms with Crippen molar-refractivity contribution in [3.8, 4) is 11.4 Å². The topological polar surface area (TPSA) is 44.1 Å². The van der Waals surface area contributed by atoms with E-state index in [2.05, 4.69) is 17.2 Å². The lowest BCUT2D eigenvalue weighted by Crippen LogP contribution is -2.20. The van der Waals surface area contributed by atoms with Crippen LogP contribution in [0.15, 0.2) is 48.5 Å². The third-order valence-corrected chi connectivity index (χ3v) is 5.18. The fourth-order valence-electron chi connectivity index (χ4n) is 3.75. The Morgan fingerprint density at radius 3 is 2.65 bits per heavy atom. The lowest BCUT2D eigenvalue weighted by atomic mass is 9.81. The molecule has 26 heavy (non-hydrogen) atoms. The van der Waals surface area contributed by atoms with Gasteiger partial charge in [-0.1, -0.05) is 41.9 Å². The zero-order valence-corrected chi connectivity index (χ0v) is 15.5. The molecule has 0 spiro atoms. The van der Waals surface area contributed by atoms with Gasteiger partial charge in [-0.15, -0.1) is 0 Å². The normalized spacial score (nSPS) is 16.4. The summed E-state index contributed by atoms with van der Waals surface area (Å²) < 4.78 is 7.31. The number of ketones is 1. The van der Waals surface area contributed by atoms with Crippen LogP contribution in [0, 0.1) is 6.92 Å². The number of carbonyl (C=O) groups is 1. The smallest absolute Gasteiger partial charge is 0.167 e. The molecule has 0 fully saturated rings. The maximum atomic E-state index is 12.8. The molecule has 5 heteroatoms. The van der Waals surface area contributed by atoms with Gasteiger partial charge in [0, 0.05) is 11.4 Å². The van der Waals surface area contributed by atoms with E-state index in [1.165, 1.54) is 5.56 Å². The van der Waals surface area contributed by atoms with Gasteiger partial charge in [-0.25, -0.2) is 4.68 Å². The summed E-state index contributed by atoms with van der Waals surface area (Å²) in [5.41, 5.74) is 4.34. The number of hydrogen-bond donors (Lipinski definition) is 0. The number of rotatable bonds is 3. The second kappa shape index (κ2) is 6.61. The standard InChI is InChI=1S/C21H19ClN2O2/c1-13-21-18(10-15(11-19(21)25)14-6-4-3-5-7-14)24(23-13)17-12-16(22)8-9-20(17)26-2/h3-9,12,15H,10-11H2,1-2H3/t15-/m0/s1. The number of fused-ring (bicyclic) bond motifs is 1. The Labute approximate surface area is 157 Å². The molecule has 1 aliphatic rings. The van der Waals surface area contributed by atoms with Crippen LogP contribution in [0.1, 0.15) is 39.6 Å². The summed E-state index contributed by atoms with van der Waals surface area (Å²) in [5.74, 6) is 0.968. The van der Waals surface area contributed by atoms with Crippen LogP contribution in [-0.2, 0) is 6.42 Å². The summed E-state index contributed by atoms with van der Waals surface area (Å²) >= 11 is 6.20. The van der Waals surface area contributed by atoms with E-state index in [0.29, 0.717) is 17.2 Å². The van der Waals surface area contributed by atoms with Gasteiger partial charge in [-0.05, 0) is 43.0 Å². The number of Topliss-reactive ketones (excluding diaryl/α,β-unsaturated/α-hetero) is 1. The second-order valence-corrected chi connectivity index (χ2v) is 7.01. The predicted molar refractivity (Wildman–Crippen MR) is 102 cm³/mol. The molecular formula is C21H19ClN2O2. The third kappa shape index (κ3) is 2.80. The SMILES string of the molecule is COc1ccc(Cl)cc1-n1nc(C)c2c1C[C@H](c1ccccc1)CC2=O. The summed E-state index contributed by atoms with van der Waals surface area (Å²) in [6.07, 6.45) is 1.26. The third-order valence-electron chi connectivity index (χ3n) is 4.95. The molecule has 0 unspecified atom stereocenters. The Kier molecular flexibility index (Phi) is 4.29. The first-order chi connectivity index (χ1) is 12.6. The van der Waals surface area contributed by atoms with Crippen LogP contribution in [0.25, 0.3) is 5.69 Å². The maximum Gasteiger partial charge on any atom is 0.167 e. The Morgan fingerprint density at radius 1 is 1.15 bits per heavy atom. The van der Waals surface area contributed by atoms with Gasteiger partial charge in [0.2, 0.25) is 0 Å². The van der Waals surface area contributed by atoms with E-state index >= 15 is 0 Å². The molecule has 0 amide bonds. The van der Waals surface area contributed by atoms with Gasteiger partial charge in [0.25, 0.3) is 0 Å². The van der Waals surface area contributed by atoms with E-state index in [-0.39, 0.29) is 11.7 Å². The zero-order valence-electron chi connectivity index (χ0n) is 14.7. The molecule has 2 aromatic carbocycles. The Hall–Kier alpha value is -2.59. The summed E-state index contributed by atoms with van der Waals surface area (Å²) in [7, 11) is 1.62. The molecule has 1 aromatic heterocycles. The summed E-state index contributed by atoms with van der Waals surface area (Å²) in [6, 6.07) is 15.6. The Morgan fingerprint density at radius 2 is 1.92 bits per heavy atom. The van der Waals surface area contributed by atoms with Gasteiger partial charge in [0.1, 0.15) is 11.4 Å². The van der Waals surface area contributed by atoms with Crippen molar-refractivity contribution in [1.29, 1.82) is 0 Å². The maximum absolute atomic E-state index is 12.8. The first-order valence-corrected chi connectivity index (χ1v) is 8.97. The largest absolute Gasteiger partial charge is 0.494 e. The van der Waals surface area contributed by atoms with E-state index < -0.39 is 0 Å². The average Bonchev–Trinajstić information content (AvgIpc) is 2.99. The minimum Gasteiger partial charge on any atom is -0.494 e. The molecule has 0 aliphatic heterocycles. The van der Waals surface area contributed by atoms with Crippen LogP contribution in [-0.4, -0.2) is 22.7 Å². The van der Waals surface area contributed by atoms with Crippen molar-refractivity contribution < 1.29 is 9.53 Å². The number of hydrogen-bond acceptors (Lipinski definition) is 3. The van der Waals surface area contributed by atoms with Crippen LogP contribution in [0.5, 0.6) is 5.75 Å². The van der Waals surface area contributed by atoms with Gasteiger partial charge in [0.15, 0.2) is 5.78 Å². The fourth-order valence-corrected chi connectivity index (χ4v) is 3.91. The number of ether oxygens (including phenoxy) is 1. The molecule has 3 aromatic rings. The first-order valence-electron chi connectivity index (χ1n) is 8.59. The highest BCUT2D eigenvalue weighted by molar-refractivity contribution is 6.30. The molecule has 4 rings (SSSR count). The highest BCUT2D eigenvalue weighted by Gasteiger charge is 2.32. The van der Waals surface area contributed by atoms with Gasteiger partial charge in [-0.3, -0.25) is 4.79 Å². The Bertz CT molecular complexity index is 979. The molecule has 0 saturated carbocycles. The van der Waals surface area contributed by atoms with Crippen LogP contribution in [0.4, 0.5) is 0 Å². The predicted octanol–water partition coefficient (Wildman–Crippen LogP) is 4.76. The number of halogens is 1. The van der Waals surface area contributed by atoms with Gasteiger partial charge >= 0.3 is 0 Å². The van der Waals surface area contributed by atoms with E-state index in [1.807, 2.05) is 41.9 Å². The molecule has 0 radical (unpaired) electrons. The monoisotopic (exact) mass is 366 g/mol. The molecule has 1 atom stereocenters. The molecule has 1 aliphatic carbocycles. The molecule has 132 valence electrons. The molecule has 0 saturated heterocycles. The summed E-state index contributed by atoms with van der Waals surface area (Å²) in [4.78, 5) is 12.8. The van der Waals surface area contributed by atoms with Crippen molar-refractivity contribution in [3.63, 3.8) is 0 Å². The molecule has 4 nitrogen and oxygen atoms in total. The van der Waals surface area contributed by atoms with E-state index in [1.54, 1.807) is 13.2 Å². The zero-order chi connectivity index (χ0) is 18.3. The molecule has 0 bridgehead atoms. The van der Waals surface area contributed by atoms with Crippen molar-refractivity contribution in [2.75, 3.05) is 7.11 Å². The average molecular weight is 367 g/mol. The van der Waals surface area contributed by atoms with Gasteiger partial charge in [0.05, 0.1) is 24.1 Å². The molecule has 1 heterocycles. The second-order valence-electron chi connectivity index (χ2n) is 6.57. The first kappa shape index (κ1) is 16.9. The van der Waals surface area contributed by atoms with Crippen LogP contribution in [0.2, 0.25) is 5.02 Å². The molecular weight excluding hydrogens is 348 g/mol. The van der Waals surface area contributed by atoms with Crippen molar-refractivity contribution >= 4 is 17.4 Å². The minimum atomic E-state index is 0.143. The summed E-state index contributed by atoms with van der Waals surface area (Å²) in [5, 5.41) is 5.25. The van der Waals surface area contributed by atoms with E-state index in [9.17, 15) is 4.79 Å². The van der Waals surface area contributed by atoms with Crippen LogP contribution >= 0.6 is 11.6 Å². The summed E-state index contributed by atoms with van der Waals surface area (Å²) in [6.45, 7) is 1.88. The van der Waals surface area contributed by atoms with Gasteiger partial charge in [-0.2, -0.15) is 5.10 Å². The number of aromatic nitrogens is 2. The number of methoxy groups -OCH3 is 1. The van der Waals surface area contributed by atoms with Crippen molar-refractivity contribution in [1.82, 2.24) is 9.78 Å². The van der Waals surface area contributed by atoms with Crippen molar-refractivity contribution in [3.05, 3.63) is 76.1 Å². The molecule has 0 N–H and O–H groups in total. The number of nitrogens with zero attached hydrogens (tertiary/aromatic N) is 2. The highest BCUT2D eigenvalue weighted by Crippen LogP contribution is 2.37. The quantitative estimate of drug-likeness (QED) is 0.671. The number of aryl methyl sites for hydroxylation is 1. The highest BCUT2D eigenvalue weighted by atomic mass is 35.5.